The maximum Gasteiger partial charge on any atom is 0.416 e. The molecular formula is C20H26N2O4. The van der Waals surface area contributed by atoms with Crippen LogP contribution in [0.15, 0.2) is 36.5 Å². The lowest BCUT2D eigenvalue weighted by molar-refractivity contribution is 0.0576. The van der Waals surface area contributed by atoms with Crippen LogP contribution in [0, 0.1) is 6.92 Å². The summed E-state index contributed by atoms with van der Waals surface area (Å²) in [6.07, 6.45) is 1.21. The Bertz CT molecular complexity index is 746. The van der Waals surface area contributed by atoms with E-state index in [1.165, 1.54) is 4.90 Å². The van der Waals surface area contributed by atoms with Crippen LogP contribution in [0.3, 0.4) is 0 Å². The van der Waals surface area contributed by atoms with Crippen molar-refractivity contribution >= 4 is 11.9 Å². The number of rotatable bonds is 5. The van der Waals surface area contributed by atoms with E-state index in [1.807, 2.05) is 52.0 Å². The van der Waals surface area contributed by atoms with E-state index in [2.05, 4.69) is 4.98 Å². The third kappa shape index (κ3) is 5.37. The summed E-state index contributed by atoms with van der Waals surface area (Å²) in [4.78, 5) is 18.6. The van der Waals surface area contributed by atoms with Gasteiger partial charge in [-0.15, -0.1) is 0 Å². The molecule has 2 rings (SSSR count). The number of hydrogen-bond acceptors (Lipinski definition) is 5. The molecule has 0 aliphatic rings. The van der Waals surface area contributed by atoms with Gasteiger partial charge >= 0.3 is 6.09 Å². The molecule has 0 atom stereocenters. The van der Waals surface area contributed by atoms with Crippen LogP contribution < -0.4 is 14.4 Å². The summed E-state index contributed by atoms with van der Waals surface area (Å²) in [5.41, 5.74) is 1.24. The number of pyridine rings is 1. The van der Waals surface area contributed by atoms with Crippen molar-refractivity contribution in [1.29, 1.82) is 0 Å². The number of anilines is 1. The van der Waals surface area contributed by atoms with Gasteiger partial charge in [0.2, 0.25) is 0 Å². The molecule has 1 heterocycles. The molecule has 0 aliphatic carbocycles. The van der Waals surface area contributed by atoms with Crippen molar-refractivity contribution in [3.63, 3.8) is 0 Å². The normalized spacial score (nSPS) is 11.0. The topological polar surface area (TPSA) is 60.9 Å². The first-order valence-corrected chi connectivity index (χ1v) is 8.37. The number of carbonyl (C=O) groups excluding carboxylic acids is 1. The van der Waals surface area contributed by atoms with Gasteiger partial charge in [-0.3, -0.25) is 4.90 Å². The van der Waals surface area contributed by atoms with Gasteiger partial charge in [0.15, 0.2) is 0 Å². The monoisotopic (exact) mass is 358 g/mol. The Balaban J connectivity index is 2.39. The van der Waals surface area contributed by atoms with Crippen molar-refractivity contribution in [1.82, 2.24) is 4.98 Å². The number of nitrogens with zero attached hydrogens (tertiary/aromatic N) is 2. The maximum absolute atomic E-state index is 12.8. The molecular weight excluding hydrogens is 332 g/mol. The van der Waals surface area contributed by atoms with Crippen LogP contribution in [0.2, 0.25) is 0 Å². The Hall–Kier alpha value is -2.76. The summed E-state index contributed by atoms with van der Waals surface area (Å²) in [7, 11) is 3.18. The molecule has 6 nitrogen and oxygen atoms in total. The Kier molecular flexibility index (Phi) is 6.08. The number of ether oxygens (including phenoxy) is 3. The molecule has 1 aromatic heterocycles. The van der Waals surface area contributed by atoms with Gasteiger partial charge in [0, 0.05) is 12.3 Å². The van der Waals surface area contributed by atoms with E-state index >= 15 is 0 Å². The summed E-state index contributed by atoms with van der Waals surface area (Å²) in [6.45, 7) is 7.73. The summed E-state index contributed by atoms with van der Waals surface area (Å²) < 4.78 is 16.2. The Morgan fingerprint density at radius 2 is 1.69 bits per heavy atom. The molecule has 140 valence electrons. The van der Waals surface area contributed by atoms with Crippen molar-refractivity contribution < 1.29 is 19.0 Å². The number of methoxy groups -OCH3 is 2. The first-order chi connectivity index (χ1) is 12.2. The Morgan fingerprint density at radius 1 is 1.08 bits per heavy atom. The van der Waals surface area contributed by atoms with Gasteiger partial charge < -0.3 is 14.2 Å². The van der Waals surface area contributed by atoms with Crippen molar-refractivity contribution in [2.75, 3.05) is 19.1 Å². The number of carbonyl (C=O) groups is 1. The molecule has 0 unspecified atom stereocenters. The van der Waals surface area contributed by atoms with Gasteiger partial charge in [-0.25, -0.2) is 9.78 Å². The molecule has 0 saturated heterocycles. The number of hydrogen-bond donors (Lipinski definition) is 0. The van der Waals surface area contributed by atoms with Gasteiger partial charge in [0.25, 0.3) is 0 Å². The van der Waals surface area contributed by atoms with Crippen LogP contribution in [0.1, 0.15) is 31.9 Å². The van der Waals surface area contributed by atoms with Crippen molar-refractivity contribution in [3.05, 3.63) is 47.7 Å². The third-order valence-electron chi connectivity index (χ3n) is 3.54. The highest BCUT2D eigenvalue weighted by atomic mass is 16.6. The van der Waals surface area contributed by atoms with Gasteiger partial charge in [-0.05, 0) is 63.1 Å². The van der Waals surface area contributed by atoms with Crippen molar-refractivity contribution in [2.24, 2.45) is 0 Å². The van der Waals surface area contributed by atoms with Crippen LogP contribution in [0.5, 0.6) is 11.5 Å². The predicted octanol–water partition coefficient (Wildman–Crippen LogP) is 4.35. The second-order valence-electron chi connectivity index (χ2n) is 6.98. The number of aryl methyl sites for hydroxylation is 1. The highest BCUT2D eigenvalue weighted by Crippen LogP contribution is 2.26. The molecule has 0 radical (unpaired) electrons. The van der Waals surface area contributed by atoms with Crippen LogP contribution in [-0.2, 0) is 11.3 Å². The summed E-state index contributed by atoms with van der Waals surface area (Å²) in [5.74, 6) is 1.84. The van der Waals surface area contributed by atoms with E-state index in [1.54, 1.807) is 26.5 Å². The fraction of sp³-hybridized carbons (Fsp3) is 0.400. The summed E-state index contributed by atoms with van der Waals surface area (Å²) in [5, 5.41) is 0. The molecule has 26 heavy (non-hydrogen) atoms. The fourth-order valence-corrected chi connectivity index (χ4v) is 2.36. The van der Waals surface area contributed by atoms with Crippen LogP contribution in [0.25, 0.3) is 0 Å². The lowest BCUT2D eigenvalue weighted by Gasteiger charge is -2.27. The minimum Gasteiger partial charge on any atom is -0.497 e. The molecule has 1 amide bonds. The van der Waals surface area contributed by atoms with Crippen molar-refractivity contribution in [3.8, 4) is 11.5 Å². The molecule has 0 aliphatic heterocycles. The second kappa shape index (κ2) is 8.08. The van der Waals surface area contributed by atoms with E-state index in [9.17, 15) is 4.79 Å². The highest BCUT2D eigenvalue weighted by molar-refractivity contribution is 5.86. The summed E-state index contributed by atoms with van der Waals surface area (Å²) in [6, 6.07) is 9.23. The molecule has 0 bridgehead atoms. The quantitative estimate of drug-likeness (QED) is 0.795. The van der Waals surface area contributed by atoms with E-state index < -0.39 is 11.7 Å². The average molecular weight is 358 g/mol. The third-order valence-corrected chi connectivity index (χ3v) is 3.54. The molecule has 0 spiro atoms. The average Bonchev–Trinajstić information content (AvgIpc) is 2.57. The highest BCUT2D eigenvalue weighted by Gasteiger charge is 2.25. The van der Waals surface area contributed by atoms with Crippen molar-refractivity contribution in [2.45, 2.75) is 39.8 Å². The number of aromatic nitrogens is 1. The van der Waals surface area contributed by atoms with E-state index in [-0.39, 0.29) is 6.54 Å². The van der Waals surface area contributed by atoms with Gasteiger partial charge in [0.05, 0.1) is 20.8 Å². The first-order valence-electron chi connectivity index (χ1n) is 8.37. The molecule has 0 saturated carbocycles. The van der Waals surface area contributed by atoms with E-state index in [0.717, 1.165) is 11.1 Å². The zero-order valence-electron chi connectivity index (χ0n) is 16.2. The molecule has 0 fully saturated rings. The Labute approximate surface area is 154 Å². The maximum atomic E-state index is 12.8. The first kappa shape index (κ1) is 19.6. The largest absolute Gasteiger partial charge is 0.497 e. The summed E-state index contributed by atoms with van der Waals surface area (Å²) >= 11 is 0. The SMILES string of the molecule is COc1cc(CN(C(=O)OC(C)(C)C)c2cc(C)ccn2)cc(OC)c1. The molecule has 2 aromatic rings. The number of amides is 1. The predicted molar refractivity (Wildman–Crippen MR) is 101 cm³/mol. The van der Waals surface area contributed by atoms with E-state index in [4.69, 9.17) is 14.2 Å². The zero-order chi connectivity index (χ0) is 19.3. The minimum absolute atomic E-state index is 0.277. The standard InChI is InChI=1S/C20H26N2O4/c1-14-7-8-21-18(9-14)22(19(23)26-20(2,3)4)13-15-10-16(24-5)12-17(11-15)25-6/h7-12H,13H2,1-6H3. The lowest BCUT2D eigenvalue weighted by Crippen LogP contribution is -2.37. The van der Waals surface area contributed by atoms with Gasteiger partial charge in [-0.1, -0.05) is 0 Å². The van der Waals surface area contributed by atoms with Gasteiger partial charge in [-0.2, -0.15) is 0 Å². The zero-order valence-corrected chi connectivity index (χ0v) is 16.2. The van der Waals surface area contributed by atoms with Crippen LogP contribution in [-0.4, -0.2) is 30.9 Å². The smallest absolute Gasteiger partial charge is 0.416 e. The minimum atomic E-state index is -0.606. The van der Waals surface area contributed by atoms with E-state index in [0.29, 0.717) is 17.3 Å². The lowest BCUT2D eigenvalue weighted by atomic mass is 10.1. The van der Waals surface area contributed by atoms with Crippen LogP contribution >= 0.6 is 0 Å². The Morgan fingerprint density at radius 3 is 2.19 bits per heavy atom. The number of benzene rings is 1. The fourth-order valence-electron chi connectivity index (χ4n) is 2.36. The molecule has 1 aromatic carbocycles. The molecule has 6 heteroatoms. The molecule has 0 N–H and O–H groups in total. The van der Waals surface area contributed by atoms with Gasteiger partial charge in [0.1, 0.15) is 22.9 Å². The second-order valence-corrected chi connectivity index (χ2v) is 6.98. The van der Waals surface area contributed by atoms with Crippen LogP contribution in [0.4, 0.5) is 10.6 Å².